The Kier molecular flexibility index (Phi) is 2.62. The molecule has 6 heteroatoms. The molecule has 6 nitrogen and oxygen atoms in total. The van der Waals surface area contributed by atoms with Crippen LogP contribution in [0.4, 0.5) is 5.95 Å². The molecule has 18 heavy (non-hydrogen) atoms. The molecule has 0 radical (unpaired) electrons. The summed E-state index contributed by atoms with van der Waals surface area (Å²) in [6.45, 7) is 1.92. The van der Waals surface area contributed by atoms with E-state index in [1.165, 1.54) is 18.8 Å². The minimum Gasteiger partial charge on any atom is -0.425 e. The van der Waals surface area contributed by atoms with Crippen LogP contribution >= 0.6 is 0 Å². The van der Waals surface area contributed by atoms with Crippen molar-refractivity contribution >= 4 is 16.9 Å². The van der Waals surface area contributed by atoms with Crippen molar-refractivity contribution in [1.82, 2.24) is 14.7 Å². The molecule has 94 valence electrons. The number of anilines is 1. The Morgan fingerprint density at radius 1 is 1.22 bits per heavy atom. The molecule has 1 aliphatic heterocycles. The third-order valence-corrected chi connectivity index (χ3v) is 3.26. The molecule has 2 aromatic heterocycles. The number of piperidine rings is 1. The van der Waals surface area contributed by atoms with E-state index in [4.69, 9.17) is 0 Å². The molecule has 3 rings (SSSR count). The Labute approximate surface area is 103 Å². The second-order valence-electron chi connectivity index (χ2n) is 4.48. The zero-order chi connectivity index (χ0) is 12.5. The second-order valence-corrected chi connectivity index (χ2v) is 4.48. The zero-order valence-electron chi connectivity index (χ0n) is 9.91. The Bertz CT molecular complexity index is 632. The molecule has 0 bridgehead atoms. The summed E-state index contributed by atoms with van der Waals surface area (Å²) in [5.41, 5.74) is 0.0820. The minimum absolute atomic E-state index is 0.334. The molecule has 2 aromatic rings. The summed E-state index contributed by atoms with van der Waals surface area (Å²) in [4.78, 5) is 22.4. The Balaban J connectivity index is 2.06. The molecule has 0 unspecified atom stereocenters. The first-order chi connectivity index (χ1) is 8.75. The van der Waals surface area contributed by atoms with Gasteiger partial charge in [-0.2, -0.15) is 4.73 Å². The molecule has 0 spiro atoms. The van der Waals surface area contributed by atoms with Crippen molar-refractivity contribution in [2.75, 3.05) is 18.0 Å². The van der Waals surface area contributed by atoms with Crippen LogP contribution in [0, 0.1) is 0 Å². The molecular weight excluding hydrogens is 232 g/mol. The highest BCUT2D eigenvalue weighted by Gasteiger charge is 2.14. The third-order valence-electron chi connectivity index (χ3n) is 3.26. The van der Waals surface area contributed by atoms with Crippen LogP contribution in [0.5, 0.6) is 0 Å². The number of fused-ring (bicyclic) bond motifs is 1. The van der Waals surface area contributed by atoms with Gasteiger partial charge in [0.25, 0.3) is 5.56 Å². The van der Waals surface area contributed by atoms with Gasteiger partial charge in [0.2, 0.25) is 5.95 Å². The van der Waals surface area contributed by atoms with Gasteiger partial charge in [-0.3, -0.25) is 4.79 Å². The average molecular weight is 246 g/mol. The summed E-state index contributed by atoms with van der Waals surface area (Å²) in [6.07, 6.45) is 6.34. The fourth-order valence-electron chi connectivity index (χ4n) is 2.26. The van der Waals surface area contributed by atoms with Gasteiger partial charge in [0, 0.05) is 25.5 Å². The molecule has 0 saturated carbocycles. The van der Waals surface area contributed by atoms with Crippen LogP contribution in [0.25, 0.3) is 10.9 Å². The van der Waals surface area contributed by atoms with Crippen molar-refractivity contribution < 1.29 is 5.21 Å². The average Bonchev–Trinajstić information content (AvgIpc) is 2.44. The van der Waals surface area contributed by atoms with Gasteiger partial charge in [0.05, 0.1) is 10.9 Å². The predicted octanol–water partition coefficient (Wildman–Crippen LogP) is 1.02. The lowest BCUT2D eigenvalue weighted by Crippen LogP contribution is -2.31. The van der Waals surface area contributed by atoms with Gasteiger partial charge in [-0.05, 0) is 25.3 Å². The SMILES string of the molecule is O=c1c2cnc(N3CCCCC3)nc2ccn1O. The van der Waals surface area contributed by atoms with Crippen LogP contribution in [-0.2, 0) is 0 Å². The predicted molar refractivity (Wildman–Crippen MR) is 67.0 cm³/mol. The monoisotopic (exact) mass is 246 g/mol. The summed E-state index contributed by atoms with van der Waals surface area (Å²) in [5.74, 6) is 0.664. The molecule has 1 fully saturated rings. The lowest BCUT2D eigenvalue weighted by molar-refractivity contribution is 0.176. The first kappa shape index (κ1) is 11.0. The maximum absolute atomic E-state index is 11.6. The highest BCUT2D eigenvalue weighted by atomic mass is 16.5. The summed E-state index contributed by atoms with van der Waals surface area (Å²) >= 11 is 0. The maximum Gasteiger partial charge on any atom is 0.293 e. The molecule has 0 aliphatic carbocycles. The lowest BCUT2D eigenvalue weighted by Gasteiger charge is -2.26. The van der Waals surface area contributed by atoms with E-state index < -0.39 is 5.56 Å². The van der Waals surface area contributed by atoms with Crippen LogP contribution in [-0.4, -0.2) is 33.0 Å². The van der Waals surface area contributed by atoms with E-state index in [2.05, 4.69) is 14.9 Å². The third kappa shape index (κ3) is 1.79. The number of hydrogen-bond acceptors (Lipinski definition) is 5. The van der Waals surface area contributed by atoms with Crippen molar-refractivity contribution in [2.24, 2.45) is 0 Å². The standard InChI is InChI=1S/C12H14N4O2/c17-11-9-8-13-12(15-5-2-1-3-6-15)14-10(9)4-7-16(11)18/h4,7-8,18H,1-3,5-6H2. The van der Waals surface area contributed by atoms with E-state index in [0.717, 1.165) is 25.9 Å². The lowest BCUT2D eigenvalue weighted by atomic mass is 10.1. The van der Waals surface area contributed by atoms with Crippen molar-refractivity contribution in [3.63, 3.8) is 0 Å². The van der Waals surface area contributed by atoms with Crippen LogP contribution in [0.1, 0.15) is 19.3 Å². The molecule has 1 aliphatic rings. The molecule has 1 saturated heterocycles. The van der Waals surface area contributed by atoms with Crippen molar-refractivity contribution in [2.45, 2.75) is 19.3 Å². The highest BCUT2D eigenvalue weighted by molar-refractivity contribution is 5.77. The van der Waals surface area contributed by atoms with Crippen molar-refractivity contribution in [1.29, 1.82) is 0 Å². The second kappa shape index (κ2) is 4.29. The van der Waals surface area contributed by atoms with Crippen molar-refractivity contribution in [3.8, 4) is 0 Å². The largest absolute Gasteiger partial charge is 0.425 e. The van der Waals surface area contributed by atoms with Gasteiger partial charge >= 0.3 is 0 Å². The van der Waals surface area contributed by atoms with E-state index in [-0.39, 0.29) is 0 Å². The summed E-state index contributed by atoms with van der Waals surface area (Å²) < 4.78 is 0.548. The quantitative estimate of drug-likeness (QED) is 0.761. The summed E-state index contributed by atoms with van der Waals surface area (Å²) in [6, 6.07) is 1.62. The minimum atomic E-state index is -0.488. The highest BCUT2D eigenvalue weighted by Crippen LogP contribution is 2.17. The van der Waals surface area contributed by atoms with E-state index in [1.54, 1.807) is 6.07 Å². The Morgan fingerprint density at radius 3 is 2.78 bits per heavy atom. The van der Waals surface area contributed by atoms with Gasteiger partial charge in [-0.1, -0.05) is 0 Å². The van der Waals surface area contributed by atoms with E-state index in [0.29, 0.717) is 21.6 Å². The summed E-state index contributed by atoms with van der Waals surface area (Å²) in [5, 5.41) is 9.61. The Hall–Kier alpha value is -2.11. The fraction of sp³-hybridized carbons (Fsp3) is 0.417. The van der Waals surface area contributed by atoms with Gasteiger partial charge in [-0.25, -0.2) is 9.97 Å². The zero-order valence-corrected chi connectivity index (χ0v) is 9.91. The maximum atomic E-state index is 11.6. The van der Waals surface area contributed by atoms with Crippen molar-refractivity contribution in [3.05, 3.63) is 28.8 Å². The van der Waals surface area contributed by atoms with E-state index >= 15 is 0 Å². The number of aromatic nitrogens is 3. The molecule has 3 heterocycles. The van der Waals surface area contributed by atoms with Gasteiger partial charge in [0.15, 0.2) is 0 Å². The van der Waals surface area contributed by atoms with Crippen LogP contribution in [0.3, 0.4) is 0 Å². The number of hydrogen-bond donors (Lipinski definition) is 1. The van der Waals surface area contributed by atoms with Crippen LogP contribution in [0.2, 0.25) is 0 Å². The molecule has 0 amide bonds. The van der Waals surface area contributed by atoms with Crippen LogP contribution < -0.4 is 10.5 Å². The first-order valence-corrected chi connectivity index (χ1v) is 6.08. The fourth-order valence-corrected chi connectivity index (χ4v) is 2.26. The smallest absolute Gasteiger partial charge is 0.293 e. The topological polar surface area (TPSA) is 71.2 Å². The first-order valence-electron chi connectivity index (χ1n) is 6.08. The molecule has 0 aromatic carbocycles. The molecule has 0 atom stereocenters. The van der Waals surface area contributed by atoms with E-state index in [9.17, 15) is 10.0 Å². The van der Waals surface area contributed by atoms with Gasteiger partial charge < -0.3 is 10.1 Å². The Morgan fingerprint density at radius 2 is 2.00 bits per heavy atom. The number of nitrogens with zero attached hydrogens (tertiary/aromatic N) is 4. The normalized spacial score (nSPS) is 16.1. The molecule has 1 N–H and O–H groups in total. The van der Waals surface area contributed by atoms with E-state index in [1.807, 2.05) is 0 Å². The van der Waals surface area contributed by atoms with Gasteiger partial charge in [-0.15, -0.1) is 0 Å². The van der Waals surface area contributed by atoms with Crippen LogP contribution in [0.15, 0.2) is 23.3 Å². The molecular formula is C12H14N4O2. The summed E-state index contributed by atoms with van der Waals surface area (Å²) in [7, 11) is 0. The number of rotatable bonds is 1. The van der Waals surface area contributed by atoms with Gasteiger partial charge in [0.1, 0.15) is 0 Å². The number of pyridine rings is 1.